The zero-order valence-corrected chi connectivity index (χ0v) is 39.7. The number of ether oxygens (including phenoxy) is 2. The van der Waals surface area contributed by atoms with E-state index in [1.165, 1.54) is 167 Å². The highest BCUT2D eigenvalue weighted by Gasteiger charge is 2.44. The van der Waals surface area contributed by atoms with Gasteiger partial charge in [0.25, 0.3) is 0 Å². The predicted molar refractivity (Wildman–Crippen MR) is 253 cm³/mol. The molecule has 1 aliphatic heterocycles. The zero-order valence-electron chi connectivity index (χ0n) is 39.7. The van der Waals surface area contributed by atoms with E-state index in [1.54, 1.807) is 6.08 Å². The van der Waals surface area contributed by atoms with Gasteiger partial charge >= 0.3 is 0 Å². The number of rotatable bonds is 44. The lowest BCUT2D eigenvalue weighted by Crippen LogP contribution is -2.60. The van der Waals surface area contributed by atoms with Gasteiger partial charge in [-0.3, -0.25) is 4.79 Å². The lowest BCUT2D eigenvalue weighted by atomic mass is 9.99. The van der Waals surface area contributed by atoms with Gasteiger partial charge in [0, 0.05) is 6.42 Å². The van der Waals surface area contributed by atoms with Crippen LogP contribution in [0.1, 0.15) is 245 Å². The van der Waals surface area contributed by atoms with E-state index >= 15 is 0 Å². The molecule has 1 fully saturated rings. The Bertz CT molecular complexity index is 1010. The molecule has 61 heavy (non-hydrogen) atoms. The molecule has 6 N–H and O–H groups in total. The van der Waals surface area contributed by atoms with E-state index < -0.39 is 49.5 Å². The van der Waals surface area contributed by atoms with Gasteiger partial charge in [0.2, 0.25) is 5.91 Å². The minimum absolute atomic E-state index is 0.183. The maximum Gasteiger partial charge on any atom is 0.220 e. The average molecular weight is 866 g/mol. The van der Waals surface area contributed by atoms with E-state index in [2.05, 4.69) is 31.3 Å². The fraction of sp³-hybridized carbons (Fsp3) is 0.904. The molecule has 0 aliphatic carbocycles. The van der Waals surface area contributed by atoms with Crippen molar-refractivity contribution in [3.63, 3.8) is 0 Å². The zero-order chi connectivity index (χ0) is 44.4. The number of carbonyl (C=O) groups excluding carboxylic acids is 1. The lowest BCUT2D eigenvalue weighted by molar-refractivity contribution is -0.302. The summed E-state index contributed by atoms with van der Waals surface area (Å²) in [5.74, 6) is -0.183. The molecule has 9 heteroatoms. The summed E-state index contributed by atoms with van der Waals surface area (Å²) in [6, 6.07) is -0.807. The van der Waals surface area contributed by atoms with Crippen molar-refractivity contribution in [3.05, 3.63) is 24.3 Å². The Labute approximate surface area is 375 Å². The van der Waals surface area contributed by atoms with Crippen molar-refractivity contribution in [1.29, 1.82) is 0 Å². The maximum atomic E-state index is 13.0. The van der Waals surface area contributed by atoms with E-state index in [4.69, 9.17) is 9.47 Å². The summed E-state index contributed by atoms with van der Waals surface area (Å²) in [4.78, 5) is 13.0. The lowest BCUT2D eigenvalue weighted by Gasteiger charge is -2.40. The third-order valence-corrected chi connectivity index (χ3v) is 12.5. The van der Waals surface area contributed by atoms with E-state index in [0.717, 1.165) is 57.8 Å². The van der Waals surface area contributed by atoms with Crippen LogP contribution in [0.2, 0.25) is 0 Å². The van der Waals surface area contributed by atoms with Crippen LogP contribution >= 0.6 is 0 Å². The molecule has 7 atom stereocenters. The first-order chi connectivity index (χ1) is 29.8. The SMILES string of the molecule is CCCCCCCC/C=C\CCCCCCCC(=O)NC(COC1OC(CO)C(O)C(O)C1O)C(O)/C=C/CCCCCCCCCCCCCCCCCCCCCCC. The smallest absolute Gasteiger partial charge is 0.220 e. The molecule has 0 aromatic carbocycles. The number of unbranched alkanes of at least 4 members (excludes halogenated alkanes) is 32. The summed E-state index contributed by atoms with van der Waals surface area (Å²) < 4.78 is 11.2. The Morgan fingerprint density at radius 3 is 1.33 bits per heavy atom. The minimum atomic E-state index is -1.57. The first-order valence-electron chi connectivity index (χ1n) is 26.1. The molecule has 7 unspecified atom stereocenters. The summed E-state index contributed by atoms with van der Waals surface area (Å²) in [5, 5.41) is 54.3. The molecule has 0 saturated carbocycles. The van der Waals surface area contributed by atoms with Crippen molar-refractivity contribution in [2.75, 3.05) is 13.2 Å². The summed E-state index contributed by atoms with van der Waals surface area (Å²) in [6.07, 6.45) is 45.1. The largest absolute Gasteiger partial charge is 0.394 e. The van der Waals surface area contributed by atoms with Crippen molar-refractivity contribution >= 4 is 5.91 Å². The highest BCUT2D eigenvalue weighted by molar-refractivity contribution is 5.76. The number of carbonyl (C=O) groups is 1. The molecule has 0 bridgehead atoms. The van der Waals surface area contributed by atoms with Crippen molar-refractivity contribution in [2.24, 2.45) is 0 Å². The first kappa shape index (κ1) is 57.7. The van der Waals surface area contributed by atoms with Gasteiger partial charge in [-0.1, -0.05) is 218 Å². The molecule has 9 nitrogen and oxygen atoms in total. The molecule has 0 aromatic rings. The molecule has 1 aliphatic rings. The molecule has 0 aromatic heterocycles. The average Bonchev–Trinajstić information content (AvgIpc) is 3.26. The van der Waals surface area contributed by atoms with Crippen LogP contribution in [0.25, 0.3) is 0 Å². The van der Waals surface area contributed by atoms with Crippen molar-refractivity contribution < 1.29 is 39.8 Å². The Kier molecular flexibility index (Phi) is 40.3. The van der Waals surface area contributed by atoms with Crippen LogP contribution in [0.3, 0.4) is 0 Å². The van der Waals surface area contributed by atoms with Crippen LogP contribution in [0.15, 0.2) is 24.3 Å². The van der Waals surface area contributed by atoms with Crippen LogP contribution in [0.4, 0.5) is 0 Å². The first-order valence-corrected chi connectivity index (χ1v) is 26.1. The van der Waals surface area contributed by atoms with Crippen molar-refractivity contribution in [3.8, 4) is 0 Å². The highest BCUT2D eigenvalue weighted by atomic mass is 16.7. The van der Waals surface area contributed by atoms with Crippen molar-refractivity contribution in [1.82, 2.24) is 5.32 Å². The quantitative estimate of drug-likeness (QED) is 0.0262. The van der Waals surface area contributed by atoms with Gasteiger partial charge < -0.3 is 40.3 Å². The third kappa shape index (κ3) is 32.9. The highest BCUT2D eigenvalue weighted by Crippen LogP contribution is 2.23. The minimum Gasteiger partial charge on any atom is -0.394 e. The van der Waals surface area contributed by atoms with Gasteiger partial charge in [-0.05, 0) is 44.9 Å². The van der Waals surface area contributed by atoms with Gasteiger partial charge in [-0.15, -0.1) is 0 Å². The van der Waals surface area contributed by atoms with Crippen molar-refractivity contribution in [2.45, 2.75) is 288 Å². The molecular formula is C52H99NO8. The second kappa shape index (κ2) is 42.6. The molecule has 0 radical (unpaired) electrons. The molecule has 0 spiro atoms. The Balaban J connectivity index is 2.27. The van der Waals surface area contributed by atoms with E-state index in [0.29, 0.717) is 6.42 Å². The Morgan fingerprint density at radius 1 is 0.541 bits per heavy atom. The molecule has 1 rings (SSSR count). The second-order valence-electron chi connectivity index (χ2n) is 18.3. The Morgan fingerprint density at radius 2 is 0.918 bits per heavy atom. The van der Waals surface area contributed by atoms with Crippen LogP contribution in [0.5, 0.6) is 0 Å². The standard InChI is InChI=1S/C52H99NO8/c1-3-5-7-9-11-13-15-17-19-20-21-22-23-24-25-26-28-29-31-33-35-37-39-41-46(55)45(44-60-52-51(59)50(58)49(57)47(43-54)61-52)53-48(56)42-40-38-36-34-32-30-27-18-16-14-12-10-8-6-4-2/h18,27,39,41,45-47,49-52,54-55,57-59H,3-17,19-26,28-38,40,42-44H2,1-2H3,(H,53,56)/b27-18-,41-39+. The van der Waals surface area contributed by atoms with Crippen LogP contribution in [-0.4, -0.2) is 87.5 Å². The molecule has 1 saturated heterocycles. The number of nitrogens with one attached hydrogen (secondary N) is 1. The molecular weight excluding hydrogens is 767 g/mol. The monoisotopic (exact) mass is 866 g/mol. The fourth-order valence-corrected chi connectivity index (χ4v) is 8.33. The number of hydrogen-bond donors (Lipinski definition) is 6. The molecule has 1 amide bonds. The number of aliphatic hydroxyl groups is 5. The number of aliphatic hydroxyl groups excluding tert-OH is 5. The summed E-state index contributed by atoms with van der Waals surface area (Å²) >= 11 is 0. The van der Waals surface area contributed by atoms with Gasteiger partial charge in [0.1, 0.15) is 24.4 Å². The van der Waals surface area contributed by atoms with Gasteiger partial charge in [-0.25, -0.2) is 0 Å². The van der Waals surface area contributed by atoms with E-state index in [9.17, 15) is 30.3 Å². The fourth-order valence-electron chi connectivity index (χ4n) is 8.33. The summed E-state index contributed by atoms with van der Waals surface area (Å²) in [7, 11) is 0. The van der Waals surface area contributed by atoms with Crippen LogP contribution < -0.4 is 5.32 Å². The van der Waals surface area contributed by atoms with Gasteiger partial charge in [0.15, 0.2) is 6.29 Å². The number of amides is 1. The Hall–Kier alpha value is -1.33. The second-order valence-corrected chi connectivity index (χ2v) is 18.3. The van der Waals surface area contributed by atoms with Crippen LogP contribution in [-0.2, 0) is 14.3 Å². The normalized spacial score (nSPS) is 20.5. The van der Waals surface area contributed by atoms with Crippen LogP contribution in [0, 0.1) is 0 Å². The van der Waals surface area contributed by atoms with E-state index in [1.807, 2.05) is 6.08 Å². The summed E-state index contributed by atoms with van der Waals surface area (Å²) in [6.45, 7) is 3.78. The molecule has 1 heterocycles. The number of allylic oxidation sites excluding steroid dienone is 3. The predicted octanol–water partition coefficient (Wildman–Crippen LogP) is 11.8. The number of hydrogen-bond acceptors (Lipinski definition) is 8. The van der Waals surface area contributed by atoms with E-state index in [-0.39, 0.29) is 12.5 Å². The maximum absolute atomic E-state index is 13.0. The van der Waals surface area contributed by atoms with Gasteiger partial charge in [0.05, 0.1) is 25.4 Å². The third-order valence-electron chi connectivity index (χ3n) is 12.5. The topological polar surface area (TPSA) is 149 Å². The van der Waals surface area contributed by atoms with Gasteiger partial charge in [-0.2, -0.15) is 0 Å². The summed E-state index contributed by atoms with van der Waals surface area (Å²) in [5.41, 5.74) is 0. The molecule has 360 valence electrons.